The van der Waals surface area contributed by atoms with Gasteiger partial charge in [0.05, 0.1) is 5.92 Å². The summed E-state index contributed by atoms with van der Waals surface area (Å²) >= 11 is 7.39. The second-order valence-electron chi connectivity index (χ2n) is 4.74. The molecule has 106 valence electrons. The average Bonchev–Trinajstić information content (AvgIpc) is 2.74. The number of rotatable bonds is 3. The molecule has 1 N–H and O–H groups in total. The Kier molecular flexibility index (Phi) is 3.99. The molecule has 0 spiro atoms. The topological polar surface area (TPSA) is 46.2 Å². The van der Waals surface area contributed by atoms with Crippen LogP contribution in [0.3, 0.4) is 0 Å². The summed E-state index contributed by atoms with van der Waals surface area (Å²) in [6.07, 6.45) is 0. The van der Waals surface area contributed by atoms with Crippen molar-refractivity contribution in [2.45, 2.75) is 16.1 Å². The summed E-state index contributed by atoms with van der Waals surface area (Å²) in [5.41, 5.74) is 0.763. The highest BCUT2D eigenvalue weighted by Gasteiger charge is 2.43. The van der Waals surface area contributed by atoms with Crippen molar-refractivity contribution in [2.75, 3.05) is 0 Å². The Morgan fingerprint density at radius 2 is 1.71 bits per heavy atom. The molecule has 1 fully saturated rings. The Labute approximate surface area is 131 Å². The van der Waals surface area contributed by atoms with Crippen LogP contribution in [-0.4, -0.2) is 17.1 Å². The van der Waals surface area contributed by atoms with E-state index in [0.29, 0.717) is 5.02 Å². The molecule has 3 nitrogen and oxygen atoms in total. The van der Waals surface area contributed by atoms with Gasteiger partial charge in [-0.25, -0.2) is 0 Å². The molecular weight excluding hydrogens is 306 g/mol. The third-order valence-electron chi connectivity index (χ3n) is 3.30. The summed E-state index contributed by atoms with van der Waals surface area (Å²) in [6, 6.07) is 16.7. The zero-order chi connectivity index (χ0) is 14.8. The average molecular weight is 318 g/mol. The maximum absolute atomic E-state index is 12.1. The van der Waals surface area contributed by atoms with E-state index in [0.717, 1.165) is 10.5 Å². The molecular formula is C16H12ClNO2S. The number of thioether (sulfide) groups is 1. The molecule has 2 aromatic rings. The third-order valence-corrected chi connectivity index (χ3v) is 4.82. The van der Waals surface area contributed by atoms with Crippen molar-refractivity contribution in [3.63, 3.8) is 0 Å². The summed E-state index contributed by atoms with van der Waals surface area (Å²) in [5, 5.41) is 2.50. The van der Waals surface area contributed by atoms with Gasteiger partial charge in [-0.2, -0.15) is 0 Å². The lowest BCUT2D eigenvalue weighted by Gasteiger charge is -2.15. The summed E-state index contributed by atoms with van der Waals surface area (Å²) < 4.78 is 0. The quantitative estimate of drug-likeness (QED) is 0.884. The number of carbonyl (C=O) groups is 2. The van der Waals surface area contributed by atoms with Crippen molar-refractivity contribution in [3.05, 3.63) is 65.2 Å². The molecule has 1 aliphatic rings. The fourth-order valence-electron chi connectivity index (χ4n) is 2.35. The number of carbonyl (C=O) groups excluding carboxylic acids is 2. The molecule has 0 bridgehead atoms. The normalized spacial score (nSPS) is 21.4. The fourth-order valence-corrected chi connectivity index (χ4v) is 3.74. The van der Waals surface area contributed by atoms with Gasteiger partial charge in [-0.15, -0.1) is 11.8 Å². The van der Waals surface area contributed by atoms with Gasteiger partial charge < -0.3 is 0 Å². The highest BCUT2D eigenvalue weighted by molar-refractivity contribution is 8.00. The summed E-state index contributed by atoms with van der Waals surface area (Å²) in [6.45, 7) is 0. The molecule has 3 rings (SSSR count). The Hall–Kier alpha value is -1.78. The highest BCUT2D eigenvalue weighted by Crippen LogP contribution is 2.37. The minimum atomic E-state index is -0.513. The SMILES string of the molecule is O=C1NC(=O)C(c2cccc(Cl)c2)C1Sc1ccccc1. The largest absolute Gasteiger partial charge is 0.295 e. The van der Waals surface area contributed by atoms with Crippen LogP contribution < -0.4 is 5.32 Å². The molecule has 2 unspecified atom stereocenters. The van der Waals surface area contributed by atoms with E-state index in [9.17, 15) is 9.59 Å². The number of benzene rings is 2. The maximum atomic E-state index is 12.1. The Morgan fingerprint density at radius 3 is 2.43 bits per heavy atom. The Morgan fingerprint density at radius 1 is 0.952 bits per heavy atom. The van der Waals surface area contributed by atoms with E-state index in [1.165, 1.54) is 11.8 Å². The number of nitrogens with one attached hydrogen (secondary N) is 1. The lowest BCUT2D eigenvalue weighted by molar-refractivity contribution is -0.125. The van der Waals surface area contributed by atoms with Crippen molar-refractivity contribution in [1.29, 1.82) is 0 Å². The number of hydrogen-bond donors (Lipinski definition) is 1. The molecule has 1 heterocycles. The van der Waals surface area contributed by atoms with Crippen molar-refractivity contribution in [3.8, 4) is 0 Å². The van der Waals surface area contributed by atoms with Crippen molar-refractivity contribution in [2.24, 2.45) is 0 Å². The molecule has 0 radical (unpaired) electrons. The van der Waals surface area contributed by atoms with E-state index < -0.39 is 11.2 Å². The molecule has 2 atom stereocenters. The lowest BCUT2D eigenvalue weighted by atomic mass is 9.97. The first kappa shape index (κ1) is 14.2. The van der Waals surface area contributed by atoms with Crippen LogP contribution in [0.25, 0.3) is 0 Å². The van der Waals surface area contributed by atoms with E-state index in [-0.39, 0.29) is 11.8 Å². The molecule has 0 aliphatic carbocycles. The number of halogens is 1. The summed E-state index contributed by atoms with van der Waals surface area (Å²) in [4.78, 5) is 25.1. The van der Waals surface area contributed by atoms with Crippen molar-refractivity contribution < 1.29 is 9.59 Å². The van der Waals surface area contributed by atoms with Gasteiger partial charge in [0.25, 0.3) is 0 Å². The standard InChI is InChI=1S/C16H12ClNO2S/c17-11-6-4-5-10(9-11)13-14(16(20)18-15(13)19)21-12-7-2-1-3-8-12/h1-9,13-14H,(H,18,19,20). The smallest absolute Gasteiger partial charge is 0.241 e. The lowest BCUT2D eigenvalue weighted by Crippen LogP contribution is -2.22. The maximum Gasteiger partial charge on any atom is 0.241 e. The molecule has 2 aromatic carbocycles. The zero-order valence-electron chi connectivity index (χ0n) is 11.0. The van der Waals surface area contributed by atoms with Gasteiger partial charge in [-0.1, -0.05) is 41.9 Å². The number of hydrogen-bond acceptors (Lipinski definition) is 3. The van der Waals surface area contributed by atoms with Crippen LogP contribution in [0.15, 0.2) is 59.5 Å². The van der Waals surface area contributed by atoms with Gasteiger partial charge in [0, 0.05) is 9.92 Å². The van der Waals surface area contributed by atoms with Gasteiger partial charge in [-0.3, -0.25) is 14.9 Å². The predicted molar refractivity (Wildman–Crippen MR) is 83.4 cm³/mol. The Bertz CT molecular complexity index is 690. The van der Waals surface area contributed by atoms with Gasteiger partial charge in [-0.05, 0) is 29.8 Å². The third kappa shape index (κ3) is 2.96. The van der Waals surface area contributed by atoms with E-state index in [1.54, 1.807) is 18.2 Å². The van der Waals surface area contributed by atoms with Crippen LogP contribution in [0.4, 0.5) is 0 Å². The summed E-state index contributed by atoms with van der Waals surface area (Å²) in [5.74, 6) is -1.03. The van der Waals surface area contributed by atoms with E-state index in [2.05, 4.69) is 5.32 Å². The minimum absolute atomic E-state index is 0.251. The molecule has 0 saturated carbocycles. The zero-order valence-corrected chi connectivity index (χ0v) is 12.5. The van der Waals surface area contributed by atoms with Gasteiger partial charge in [0.2, 0.25) is 11.8 Å². The van der Waals surface area contributed by atoms with E-state index in [1.807, 2.05) is 36.4 Å². The number of amides is 2. The first-order valence-corrected chi connectivity index (χ1v) is 7.73. The van der Waals surface area contributed by atoms with E-state index in [4.69, 9.17) is 11.6 Å². The van der Waals surface area contributed by atoms with Gasteiger partial charge in [0.15, 0.2) is 0 Å². The molecule has 1 aliphatic heterocycles. The van der Waals surface area contributed by atoms with Crippen LogP contribution in [0, 0.1) is 0 Å². The van der Waals surface area contributed by atoms with Crippen molar-refractivity contribution in [1.82, 2.24) is 5.32 Å². The highest BCUT2D eigenvalue weighted by atomic mass is 35.5. The minimum Gasteiger partial charge on any atom is -0.295 e. The van der Waals surface area contributed by atoms with Crippen LogP contribution in [0.1, 0.15) is 11.5 Å². The summed E-state index contributed by atoms with van der Waals surface area (Å²) in [7, 11) is 0. The van der Waals surface area contributed by atoms with Crippen LogP contribution in [0.5, 0.6) is 0 Å². The molecule has 2 amide bonds. The second-order valence-corrected chi connectivity index (χ2v) is 6.39. The van der Waals surface area contributed by atoms with Crippen LogP contribution in [-0.2, 0) is 9.59 Å². The van der Waals surface area contributed by atoms with Gasteiger partial charge >= 0.3 is 0 Å². The molecule has 0 aromatic heterocycles. The van der Waals surface area contributed by atoms with Crippen LogP contribution in [0.2, 0.25) is 5.02 Å². The molecule has 1 saturated heterocycles. The predicted octanol–water partition coefficient (Wildman–Crippen LogP) is 3.24. The first-order valence-electron chi connectivity index (χ1n) is 6.47. The number of imide groups is 1. The first-order chi connectivity index (χ1) is 10.1. The molecule has 5 heteroatoms. The molecule has 21 heavy (non-hydrogen) atoms. The van der Waals surface area contributed by atoms with Crippen LogP contribution >= 0.6 is 23.4 Å². The van der Waals surface area contributed by atoms with Crippen molar-refractivity contribution >= 4 is 35.2 Å². The Balaban J connectivity index is 1.93. The second kappa shape index (κ2) is 5.92. The van der Waals surface area contributed by atoms with E-state index >= 15 is 0 Å². The van der Waals surface area contributed by atoms with Gasteiger partial charge in [0.1, 0.15) is 5.25 Å². The monoisotopic (exact) mass is 317 g/mol. The fraction of sp³-hybridized carbons (Fsp3) is 0.125.